The summed E-state index contributed by atoms with van der Waals surface area (Å²) in [5.41, 5.74) is 0. The van der Waals surface area contributed by atoms with Gasteiger partial charge in [0.15, 0.2) is 5.79 Å². The SMILES string of the molecule is CC1(C)OCC(NCCCOCC2CC2)CO1. The molecule has 1 aliphatic carbocycles. The molecule has 2 rings (SSSR count). The molecule has 0 unspecified atom stereocenters. The molecule has 1 N–H and O–H groups in total. The zero-order valence-electron chi connectivity index (χ0n) is 11.0. The third-order valence-corrected chi connectivity index (χ3v) is 3.21. The molecule has 1 saturated carbocycles. The Morgan fingerprint density at radius 3 is 2.59 bits per heavy atom. The van der Waals surface area contributed by atoms with Crippen molar-refractivity contribution >= 4 is 0 Å². The first-order chi connectivity index (χ1) is 8.16. The van der Waals surface area contributed by atoms with Crippen LogP contribution in [0.4, 0.5) is 0 Å². The van der Waals surface area contributed by atoms with Crippen molar-refractivity contribution in [3.63, 3.8) is 0 Å². The van der Waals surface area contributed by atoms with E-state index < -0.39 is 5.79 Å². The second kappa shape index (κ2) is 6.14. The van der Waals surface area contributed by atoms with E-state index in [9.17, 15) is 0 Å². The molecule has 17 heavy (non-hydrogen) atoms. The molecule has 0 radical (unpaired) electrons. The molecule has 0 spiro atoms. The fourth-order valence-electron chi connectivity index (χ4n) is 1.83. The van der Waals surface area contributed by atoms with E-state index in [0.717, 1.165) is 45.3 Å². The topological polar surface area (TPSA) is 39.7 Å². The Hall–Kier alpha value is -0.160. The molecule has 0 atom stereocenters. The molecule has 100 valence electrons. The summed E-state index contributed by atoms with van der Waals surface area (Å²) in [6.45, 7) is 8.17. The van der Waals surface area contributed by atoms with Gasteiger partial charge in [0.25, 0.3) is 0 Å². The van der Waals surface area contributed by atoms with Gasteiger partial charge >= 0.3 is 0 Å². The predicted octanol–water partition coefficient (Wildman–Crippen LogP) is 1.54. The van der Waals surface area contributed by atoms with Crippen LogP contribution in [0, 0.1) is 5.92 Å². The number of nitrogens with one attached hydrogen (secondary N) is 1. The van der Waals surface area contributed by atoms with Gasteiger partial charge in [-0.3, -0.25) is 0 Å². The molecule has 1 aliphatic heterocycles. The number of hydrogen-bond acceptors (Lipinski definition) is 4. The van der Waals surface area contributed by atoms with Crippen molar-refractivity contribution in [3.8, 4) is 0 Å². The average molecular weight is 243 g/mol. The van der Waals surface area contributed by atoms with E-state index in [1.165, 1.54) is 12.8 Å². The summed E-state index contributed by atoms with van der Waals surface area (Å²) in [4.78, 5) is 0. The van der Waals surface area contributed by atoms with Crippen molar-refractivity contribution in [1.82, 2.24) is 5.32 Å². The largest absolute Gasteiger partial charge is 0.381 e. The minimum Gasteiger partial charge on any atom is -0.381 e. The Morgan fingerprint density at radius 1 is 1.24 bits per heavy atom. The second-order valence-corrected chi connectivity index (χ2v) is 5.54. The summed E-state index contributed by atoms with van der Waals surface area (Å²) in [5, 5.41) is 3.43. The van der Waals surface area contributed by atoms with Crippen LogP contribution < -0.4 is 5.32 Å². The van der Waals surface area contributed by atoms with Crippen molar-refractivity contribution in [1.29, 1.82) is 0 Å². The molecule has 4 heteroatoms. The molecule has 0 aromatic carbocycles. The van der Waals surface area contributed by atoms with Gasteiger partial charge in [0.05, 0.1) is 19.3 Å². The van der Waals surface area contributed by atoms with Crippen LogP contribution in [0.1, 0.15) is 33.1 Å². The highest BCUT2D eigenvalue weighted by molar-refractivity contribution is 4.73. The summed E-state index contributed by atoms with van der Waals surface area (Å²) in [6, 6.07) is 0.325. The van der Waals surface area contributed by atoms with Crippen molar-refractivity contribution in [2.75, 3.05) is 33.0 Å². The third kappa shape index (κ3) is 5.34. The Labute approximate surface area is 104 Å². The van der Waals surface area contributed by atoms with E-state index in [1.54, 1.807) is 0 Å². The van der Waals surface area contributed by atoms with Gasteiger partial charge in [-0.15, -0.1) is 0 Å². The van der Waals surface area contributed by atoms with Crippen LogP contribution >= 0.6 is 0 Å². The Kier molecular flexibility index (Phi) is 4.79. The predicted molar refractivity (Wildman–Crippen MR) is 65.9 cm³/mol. The zero-order valence-corrected chi connectivity index (χ0v) is 11.0. The Morgan fingerprint density at radius 2 is 1.94 bits per heavy atom. The fraction of sp³-hybridized carbons (Fsp3) is 1.00. The van der Waals surface area contributed by atoms with Gasteiger partial charge in [-0.2, -0.15) is 0 Å². The highest BCUT2D eigenvalue weighted by Gasteiger charge is 2.27. The molecule has 1 heterocycles. The van der Waals surface area contributed by atoms with E-state index >= 15 is 0 Å². The normalized spacial score (nSPS) is 25.1. The smallest absolute Gasteiger partial charge is 0.162 e. The van der Waals surface area contributed by atoms with Crippen LogP contribution in [0.3, 0.4) is 0 Å². The lowest BCUT2D eigenvalue weighted by Gasteiger charge is -2.35. The first-order valence-corrected chi connectivity index (χ1v) is 6.75. The minimum absolute atomic E-state index is 0.325. The molecule has 2 fully saturated rings. The minimum atomic E-state index is -0.411. The third-order valence-electron chi connectivity index (χ3n) is 3.21. The highest BCUT2D eigenvalue weighted by atomic mass is 16.7. The van der Waals surface area contributed by atoms with E-state index in [2.05, 4.69) is 5.32 Å². The summed E-state index contributed by atoms with van der Waals surface area (Å²) in [7, 11) is 0. The molecular weight excluding hydrogens is 218 g/mol. The van der Waals surface area contributed by atoms with E-state index in [4.69, 9.17) is 14.2 Å². The highest BCUT2D eigenvalue weighted by Crippen LogP contribution is 2.28. The summed E-state index contributed by atoms with van der Waals surface area (Å²) in [6.07, 6.45) is 3.79. The molecule has 0 aromatic heterocycles. The molecule has 0 amide bonds. The van der Waals surface area contributed by atoms with Crippen molar-refractivity contribution < 1.29 is 14.2 Å². The lowest BCUT2D eigenvalue weighted by molar-refractivity contribution is -0.252. The van der Waals surface area contributed by atoms with E-state index in [-0.39, 0.29) is 0 Å². The lowest BCUT2D eigenvalue weighted by Crippen LogP contribution is -2.48. The fourth-order valence-corrected chi connectivity index (χ4v) is 1.83. The van der Waals surface area contributed by atoms with E-state index in [1.807, 2.05) is 13.8 Å². The zero-order chi connectivity index (χ0) is 12.1. The van der Waals surface area contributed by atoms with Gasteiger partial charge in [-0.25, -0.2) is 0 Å². The first-order valence-electron chi connectivity index (χ1n) is 6.75. The van der Waals surface area contributed by atoms with Crippen LogP contribution in [0.15, 0.2) is 0 Å². The van der Waals surface area contributed by atoms with Gasteiger partial charge in [-0.05, 0) is 45.6 Å². The maximum Gasteiger partial charge on any atom is 0.162 e. The molecule has 4 nitrogen and oxygen atoms in total. The maximum atomic E-state index is 5.58. The molecule has 0 aromatic rings. The van der Waals surface area contributed by atoms with Crippen molar-refractivity contribution in [2.24, 2.45) is 5.92 Å². The van der Waals surface area contributed by atoms with Crippen LogP contribution in [-0.4, -0.2) is 44.8 Å². The molecule has 2 aliphatic rings. The molecular formula is C13H25NO3. The first kappa shape index (κ1) is 13.3. The van der Waals surface area contributed by atoms with Gasteiger partial charge in [-0.1, -0.05) is 0 Å². The maximum absolute atomic E-state index is 5.58. The van der Waals surface area contributed by atoms with Gasteiger partial charge < -0.3 is 19.5 Å². The Bertz CT molecular complexity index is 219. The number of hydrogen-bond donors (Lipinski definition) is 1. The summed E-state index contributed by atoms with van der Waals surface area (Å²) >= 11 is 0. The van der Waals surface area contributed by atoms with Crippen LogP contribution in [0.5, 0.6) is 0 Å². The number of ether oxygens (including phenoxy) is 3. The molecule has 0 bridgehead atoms. The van der Waals surface area contributed by atoms with Crippen molar-refractivity contribution in [2.45, 2.75) is 44.9 Å². The van der Waals surface area contributed by atoms with Gasteiger partial charge in [0.2, 0.25) is 0 Å². The standard InChI is InChI=1S/C13H25NO3/c1-13(2)16-9-12(10-17-13)14-6-3-7-15-8-11-4-5-11/h11-12,14H,3-10H2,1-2H3. The van der Waals surface area contributed by atoms with Crippen LogP contribution in [-0.2, 0) is 14.2 Å². The summed E-state index contributed by atoms with van der Waals surface area (Å²) < 4.78 is 16.7. The van der Waals surface area contributed by atoms with E-state index in [0.29, 0.717) is 6.04 Å². The number of rotatable bonds is 7. The summed E-state index contributed by atoms with van der Waals surface area (Å²) in [5.74, 6) is 0.455. The molecule has 1 saturated heterocycles. The average Bonchev–Trinajstić information content (AvgIpc) is 3.09. The monoisotopic (exact) mass is 243 g/mol. The van der Waals surface area contributed by atoms with Crippen molar-refractivity contribution in [3.05, 3.63) is 0 Å². The second-order valence-electron chi connectivity index (χ2n) is 5.54. The van der Waals surface area contributed by atoms with Crippen LogP contribution in [0.2, 0.25) is 0 Å². The lowest BCUT2D eigenvalue weighted by atomic mass is 10.2. The van der Waals surface area contributed by atoms with Gasteiger partial charge in [0, 0.05) is 13.2 Å². The quantitative estimate of drug-likeness (QED) is 0.689. The Balaban J connectivity index is 1.42. The van der Waals surface area contributed by atoms with Gasteiger partial charge in [0.1, 0.15) is 0 Å². The van der Waals surface area contributed by atoms with Crippen LogP contribution in [0.25, 0.3) is 0 Å².